The molecular weight excluding hydrogens is 238 g/mol. The zero-order chi connectivity index (χ0) is 12.7. The van der Waals surface area contributed by atoms with E-state index in [1.165, 1.54) is 11.3 Å². The van der Waals surface area contributed by atoms with Crippen molar-refractivity contribution in [2.45, 2.75) is 20.3 Å². The number of hydrogen-bond donors (Lipinski definition) is 2. The van der Waals surface area contributed by atoms with Crippen LogP contribution in [0.15, 0.2) is 5.51 Å². The maximum Gasteiger partial charge on any atom is 0.357 e. The third-order valence-electron chi connectivity index (χ3n) is 2.60. The standard InChI is InChI=1S/C11H19N3O2S/c1-3-14(4-2)7-5-6-12-10-9(11(15)16)13-8-17-10/h8,12H,3-7H2,1-2H3,(H,15,16). The molecule has 5 nitrogen and oxygen atoms in total. The number of aromatic carboxylic acids is 1. The van der Waals surface area contributed by atoms with Crippen molar-refractivity contribution < 1.29 is 9.90 Å². The number of thiazole rings is 1. The van der Waals surface area contributed by atoms with E-state index in [1.54, 1.807) is 5.51 Å². The summed E-state index contributed by atoms with van der Waals surface area (Å²) in [5.74, 6) is -0.975. The molecule has 0 atom stereocenters. The quantitative estimate of drug-likeness (QED) is 0.697. The molecule has 0 spiro atoms. The maximum atomic E-state index is 10.8. The number of carboxylic acids is 1. The minimum absolute atomic E-state index is 0.123. The van der Waals surface area contributed by atoms with E-state index in [9.17, 15) is 4.79 Å². The van der Waals surface area contributed by atoms with Gasteiger partial charge in [0.2, 0.25) is 0 Å². The van der Waals surface area contributed by atoms with Crippen molar-refractivity contribution in [1.82, 2.24) is 9.88 Å². The van der Waals surface area contributed by atoms with Crippen LogP contribution in [0.4, 0.5) is 5.00 Å². The predicted molar refractivity (Wildman–Crippen MR) is 70.0 cm³/mol. The molecule has 0 amide bonds. The average Bonchev–Trinajstić information content (AvgIpc) is 2.78. The van der Waals surface area contributed by atoms with E-state index in [0.29, 0.717) is 5.00 Å². The molecule has 0 saturated heterocycles. The predicted octanol–water partition coefficient (Wildman–Crippen LogP) is 1.99. The Labute approximate surface area is 105 Å². The van der Waals surface area contributed by atoms with Crippen LogP contribution in [0.3, 0.4) is 0 Å². The van der Waals surface area contributed by atoms with Gasteiger partial charge in [0.25, 0.3) is 0 Å². The van der Waals surface area contributed by atoms with Crippen LogP contribution in [0.25, 0.3) is 0 Å². The summed E-state index contributed by atoms with van der Waals surface area (Å²) < 4.78 is 0. The topological polar surface area (TPSA) is 65.5 Å². The van der Waals surface area contributed by atoms with Gasteiger partial charge in [0.15, 0.2) is 5.69 Å². The number of anilines is 1. The van der Waals surface area contributed by atoms with Crippen molar-refractivity contribution in [3.63, 3.8) is 0 Å². The van der Waals surface area contributed by atoms with Crippen LogP contribution in [0, 0.1) is 0 Å². The van der Waals surface area contributed by atoms with Crippen molar-refractivity contribution in [2.24, 2.45) is 0 Å². The van der Waals surface area contributed by atoms with Crippen molar-refractivity contribution in [2.75, 3.05) is 31.5 Å². The van der Waals surface area contributed by atoms with Gasteiger partial charge in [-0.1, -0.05) is 13.8 Å². The normalized spacial score (nSPS) is 10.8. The Hall–Kier alpha value is -1.14. The zero-order valence-corrected chi connectivity index (χ0v) is 11.1. The maximum absolute atomic E-state index is 10.8. The summed E-state index contributed by atoms with van der Waals surface area (Å²) in [5.41, 5.74) is 1.67. The molecule has 1 aromatic heterocycles. The van der Waals surface area contributed by atoms with Crippen molar-refractivity contribution in [1.29, 1.82) is 0 Å². The Kier molecular flexibility index (Phi) is 5.93. The summed E-state index contributed by atoms with van der Waals surface area (Å²) in [5, 5.41) is 12.6. The summed E-state index contributed by atoms with van der Waals surface area (Å²) in [6, 6.07) is 0. The van der Waals surface area contributed by atoms with E-state index in [-0.39, 0.29) is 5.69 Å². The Balaban J connectivity index is 2.31. The number of carbonyl (C=O) groups is 1. The van der Waals surface area contributed by atoms with Crippen molar-refractivity contribution in [3.05, 3.63) is 11.2 Å². The molecule has 0 fully saturated rings. The van der Waals surface area contributed by atoms with E-state index in [2.05, 4.69) is 29.0 Å². The molecule has 1 rings (SSSR count). The highest BCUT2D eigenvalue weighted by molar-refractivity contribution is 7.14. The lowest BCUT2D eigenvalue weighted by Gasteiger charge is -2.17. The second kappa shape index (κ2) is 7.24. The van der Waals surface area contributed by atoms with Gasteiger partial charge in [0.05, 0.1) is 5.51 Å². The van der Waals surface area contributed by atoms with Crippen LogP contribution in [0.5, 0.6) is 0 Å². The van der Waals surface area contributed by atoms with Gasteiger partial charge >= 0.3 is 5.97 Å². The first-order valence-electron chi connectivity index (χ1n) is 5.82. The molecule has 1 aromatic rings. The number of nitrogens with one attached hydrogen (secondary N) is 1. The highest BCUT2D eigenvalue weighted by Gasteiger charge is 2.12. The van der Waals surface area contributed by atoms with Crippen LogP contribution >= 0.6 is 11.3 Å². The average molecular weight is 257 g/mol. The summed E-state index contributed by atoms with van der Waals surface area (Å²) in [4.78, 5) is 17.0. The summed E-state index contributed by atoms with van der Waals surface area (Å²) in [7, 11) is 0. The summed E-state index contributed by atoms with van der Waals surface area (Å²) >= 11 is 1.33. The van der Waals surface area contributed by atoms with Crippen LogP contribution in [0.2, 0.25) is 0 Å². The largest absolute Gasteiger partial charge is 0.476 e. The smallest absolute Gasteiger partial charge is 0.357 e. The summed E-state index contributed by atoms with van der Waals surface area (Å²) in [6.45, 7) is 8.19. The fourth-order valence-electron chi connectivity index (χ4n) is 1.57. The third-order valence-corrected chi connectivity index (χ3v) is 3.39. The van der Waals surface area contributed by atoms with Crippen LogP contribution in [-0.4, -0.2) is 47.1 Å². The lowest BCUT2D eigenvalue weighted by atomic mass is 10.3. The number of rotatable bonds is 8. The van der Waals surface area contributed by atoms with E-state index < -0.39 is 5.97 Å². The molecule has 0 bridgehead atoms. The first-order chi connectivity index (χ1) is 8.19. The number of aromatic nitrogens is 1. The van der Waals surface area contributed by atoms with Crippen LogP contribution in [-0.2, 0) is 0 Å². The molecule has 0 aromatic carbocycles. The van der Waals surface area contributed by atoms with Gasteiger partial charge in [-0.05, 0) is 26.1 Å². The molecule has 0 aliphatic heterocycles. The third kappa shape index (κ3) is 4.32. The minimum Gasteiger partial charge on any atom is -0.476 e. The molecule has 6 heteroatoms. The molecule has 0 saturated carbocycles. The molecular formula is C11H19N3O2S. The number of nitrogens with zero attached hydrogens (tertiary/aromatic N) is 2. The second-order valence-electron chi connectivity index (χ2n) is 3.64. The molecule has 0 unspecified atom stereocenters. The van der Waals surface area contributed by atoms with E-state index >= 15 is 0 Å². The lowest BCUT2D eigenvalue weighted by molar-refractivity contribution is 0.0692. The fourth-order valence-corrected chi connectivity index (χ4v) is 2.27. The van der Waals surface area contributed by atoms with Gasteiger partial charge < -0.3 is 15.3 Å². The van der Waals surface area contributed by atoms with Gasteiger partial charge in [-0.25, -0.2) is 9.78 Å². The second-order valence-corrected chi connectivity index (χ2v) is 4.50. The number of carboxylic acid groups (broad SMARTS) is 1. The van der Waals surface area contributed by atoms with Gasteiger partial charge in [0.1, 0.15) is 5.00 Å². The Morgan fingerprint density at radius 2 is 2.24 bits per heavy atom. The number of hydrogen-bond acceptors (Lipinski definition) is 5. The molecule has 0 aliphatic rings. The van der Waals surface area contributed by atoms with Gasteiger partial charge in [-0.2, -0.15) is 0 Å². The van der Waals surface area contributed by atoms with E-state index in [4.69, 9.17) is 5.11 Å². The molecule has 0 aliphatic carbocycles. The van der Waals surface area contributed by atoms with Crippen LogP contribution < -0.4 is 5.32 Å². The van der Waals surface area contributed by atoms with Gasteiger partial charge in [-0.3, -0.25) is 0 Å². The molecule has 2 N–H and O–H groups in total. The zero-order valence-electron chi connectivity index (χ0n) is 10.3. The molecule has 17 heavy (non-hydrogen) atoms. The Morgan fingerprint density at radius 1 is 1.53 bits per heavy atom. The van der Waals surface area contributed by atoms with E-state index in [0.717, 1.165) is 32.6 Å². The van der Waals surface area contributed by atoms with Gasteiger partial charge in [0, 0.05) is 6.54 Å². The highest BCUT2D eigenvalue weighted by Crippen LogP contribution is 2.19. The highest BCUT2D eigenvalue weighted by atomic mass is 32.1. The molecule has 1 heterocycles. The summed E-state index contributed by atoms with van der Waals surface area (Å²) in [6.07, 6.45) is 0.999. The van der Waals surface area contributed by atoms with E-state index in [1.807, 2.05) is 0 Å². The van der Waals surface area contributed by atoms with Crippen LogP contribution in [0.1, 0.15) is 30.8 Å². The molecule has 0 radical (unpaired) electrons. The first-order valence-corrected chi connectivity index (χ1v) is 6.70. The Morgan fingerprint density at radius 3 is 2.82 bits per heavy atom. The van der Waals surface area contributed by atoms with Crippen molar-refractivity contribution >= 4 is 22.3 Å². The fraction of sp³-hybridized carbons (Fsp3) is 0.636. The minimum atomic E-state index is -0.975. The monoisotopic (exact) mass is 257 g/mol. The lowest BCUT2D eigenvalue weighted by Crippen LogP contribution is -2.25. The van der Waals surface area contributed by atoms with Crippen molar-refractivity contribution in [3.8, 4) is 0 Å². The first kappa shape index (κ1) is 13.9. The van der Waals surface area contributed by atoms with Gasteiger partial charge in [-0.15, -0.1) is 11.3 Å². The molecule has 96 valence electrons. The SMILES string of the molecule is CCN(CC)CCCNc1scnc1C(=O)O. The Bertz CT molecular complexity index is 350.